The third-order valence-corrected chi connectivity index (χ3v) is 2.73. The number of amides is 1. The lowest BCUT2D eigenvalue weighted by molar-refractivity contribution is -0.148. The Morgan fingerprint density at radius 2 is 1.43 bits per heavy atom. The van der Waals surface area contributed by atoms with Gasteiger partial charge in [0, 0.05) is 0 Å². The first-order valence-electron chi connectivity index (χ1n) is 5.80. The first kappa shape index (κ1) is 15.2. The Kier molecular flexibility index (Phi) is 4.10. The van der Waals surface area contributed by atoms with Gasteiger partial charge in [0.05, 0.1) is 5.92 Å². The van der Waals surface area contributed by atoms with E-state index >= 15 is 0 Å². The number of ether oxygens (including phenoxy) is 1. The highest BCUT2D eigenvalue weighted by Crippen LogP contribution is 2.30. The minimum absolute atomic E-state index is 0.299. The second kappa shape index (κ2) is 5.66. The zero-order valence-electron chi connectivity index (χ0n) is 10.3. The number of nitrogens with one attached hydrogen (secondary N) is 1. The quantitative estimate of drug-likeness (QED) is 0.402. The molecule has 21 heavy (non-hydrogen) atoms. The van der Waals surface area contributed by atoms with Crippen molar-refractivity contribution in [3.8, 4) is 0 Å². The van der Waals surface area contributed by atoms with Gasteiger partial charge < -0.3 is 10.1 Å². The number of esters is 1. The number of rotatable bonds is 4. The van der Waals surface area contributed by atoms with Crippen molar-refractivity contribution in [2.45, 2.75) is 12.8 Å². The molecule has 0 saturated heterocycles. The SMILES string of the molecule is O=C(COC(=O)C1CC1)Nc1c(F)c(F)c(F)c(F)c1F. The van der Waals surface area contributed by atoms with E-state index in [1.165, 1.54) is 5.32 Å². The average molecular weight is 309 g/mol. The Bertz CT molecular complexity index is 586. The third-order valence-electron chi connectivity index (χ3n) is 2.73. The van der Waals surface area contributed by atoms with Gasteiger partial charge in [-0.15, -0.1) is 0 Å². The molecule has 2 rings (SSSR count). The van der Waals surface area contributed by atoms with E-state index < -0.39 is 53.3 Å². The van der Waals surface area contributed by atoms with Crippen LogP contribution in [0.5, 0.6) is 0 Å². The molecule has 0 radical (unpaired) electrons. The fourth-order valence-electron chi connectivity index (χ4n) is 1.46. The zero-order chi connectivity index (χ0) is 15.7. The molecular formula is C12H8F5NO3. The number of halogens is 5. The van der Waals surface area contributed by atoms with Crippen LogP contribution in [-0.4, -0.2) is 18.5 Å². The molecule has 9 heteroatoms. The molecule has 4 nitrogen and oxygen atoms in total. The van der Waals surface area contributed by atoms with Crippen molar-refractivity contribution in [3.63, 3.8) is 0 Å². The van der Waals surface area contributed by atoms with Crippen LogP contribution in [-0.2, 0) is 14.3 Å². The van der Waals surface area contributed by atoms with Gasteiger partial charge in [-0.05, 0) is 12.8 Å². The molecule has 0 spiro atoms. The first-order valence-corrected chi connectivity index (χ1v) is 5.80. The molecule has 0 unspecified atom stereocenters. The fourth-order valence-corrected chi connectivity index (χ4v) is 1.46. The second-order valence-corrected chi connectivity index (χ2v) is 4.38. The average Bonchev–Trinajstić information content (AvgIpc) is 3.29. The third kappa shape index (κ3) is 3.11. The molecule has 1 amide bonds. The second-order valence-electron chi connectivity index (χ2n) is 4.38. The number of hydrogen-bond donors (Lipinski definition) is 1. The number of benzene rings is 1. The maximum Gasteiger partial charge on any atom is 0.309 e. The van der Waals surface area contributed by atoms with E-state index in [1.807, 2.05) is 0 Å². The van der Waals surface area contributed by atoms with Gasteiger partial charge in [-0.1, -0.05) is 0 Å². The highest BCUT2D eigenvalue weighted by Gasteiger charge is 2.32. The summed E-state index contributed by atoms with van der Waals surface area (Å²) in [5.74, 6) is -13.2. The van der Waals surface area contributed by atoms with E-state index in [4.69, 9.17) is 0 Å². The molecule has 1 aromatic carbocycles. The first-order chi connectivity index (χ1) is 9.82. The summed E-state index contributed by atoms with van der Waals surface area (Å²) >= 11 is 0. The van der Waals surface area contributed by atoms with E-state index in [9.17, 15) is 31.5 Å². The van der Waals surface area contributed by atoms with Crippen LogP contribution in [0, 0.1) is 35.0 Å². The molecule has 0 aromatic heterocycles. The monoisotopic (exact) mass is 309 g/mol. The predicted molar refractivity (Wildman–Crippen MR) is 58.5 cm³/mol. The summed E-state index contributed by atoms with van der Waals surface area (Å²) < 4.78 is 69.6. The van der Waals surface area contributed by atoms with Gasteiger partial charge >= 0.3 is 5.97 Å². The van der Waals surface area contributed by atoms with Crippen LogP contribution >= 0.6 is 0 Å². The number of carbonyl (C=O) groups excluding carboxylic acids is 2. The van der Waals surface area contributed by atoms with E-state index in [1.54, 1.807) is 0 Å². The van der Waals surface area contributed by atoms with Crippen molar-refractivity contribution < 1.29 is 36.3 Å². The van der Waals surface area contributed by atoms with Crippen LogP contribution < -0.4 is 5.32 Å². The molecule has 1 saturated carbocycles. The van der Waals surface area contributed by atoms with Crippen LogP contribution in [0.1, 0.15) is 12.8 Å². The Morgan fingerprint density at radius 1 is 0.952 bits per heavy atom. The number of carbonyl (C=O) groups is 2. The summed E-state index contributed by atoms with van der Waals surface area (Å²) in [6, 6.07) is 0. The fraction of sp³-hybridized carbons (Fsp3) is 0.333. The maximum atomic E-state index is 13.3. The number of anilines is 1. The molecule has 114 valence electrons. The summed E-state index contributed by atoms with van der Waals surface area (Å²) in [5, 5.41) is 1.49. The standard InChI is InChI=1S/C12H8F5NO3/c13-6-7(14)9(16)11(10(17)8(6)15)18-5(19)3-21-12(20)4-1-2-4/h4H,1-3H2,(H,18,19). The summed E-state index contributed by atoms with van der Waals surface area (Å²) in [6.07, 6.45) is 1.25. The summed E-state index contributed by atoms with van der Waals surface area (Å²) in [7, 11) is 0. The zero-order valence-corrected chi connectivity index (χ0v) is 10.3. The molecule has 0 aliphatic heterocycles. The highest BCUT2D eigenvalue weighted by atomic mass is 19.2. The van der Waals surface area contributed by atoms with Crippen molar-refractivity contribution in [2.75, 3.05) is 11.9 Å². The Labute approximate surface area is 114 Å². The smallest absolute Gasteiger partial charge is 0.309 e. The lowest BCUT2D eigenvalue weighted by atomic mass is 10.2. The molecule has 0 heterocycles. The number of hydrogen-bond acceptors (Lipinski definition) is 3. The van der Waals surface area contributed by atoms with Gasteiger partial charge in [0.1, 0.15) is 5.69 Å². The Hall–Kier alpha value is -2.19. The van der Waals surface area contributed by atoms with Gasteiger partial charge in [0.25, 0.3) is 5.91 Å². The van der Waals surface area contributed by atoms with Gasteiger partial charge in [0.15, 0.2) is 29.9 Å². The molecule has 1 aliphatic carbocycles. The van der Waals surface area contributed by atoms with E-state index in [0.717, 1.165) is 0 Å². The summed E-state index contributed by atoms with van der Waals surface area (Å²) in [5.41, 5.74) is -1.49. The van der Waals surface area contributed by atoms with Gasteiger partial charge in [-0.3, -0.25) is 9.59 Å². The normalized spacial score (nSPS) is 14.0. The maximum absolute atomic E-state index is 13.3. The van der Waals surface area contributed by atoms with E-state index in [0.29, 0.717) is 12.8 Å². The summed E-state index contributed by atoms with van der Waals surface area (Å²) in [6.45, 7) is -0.880. The Morgan fingerprint density at radius 3 is 1.90 bits per heavy atom. The van der Waals surface area contributed by atoms with Crippen molar-refractivity contribution in [2.24, 2.45) is 5.92 Å². The predicted octanol–water partition coefficient (Wildman–Crippen LogP) is 2.27. The molecule has 1 fully saturated rings. The van der Waals surface area contributed by atoms with Crippen LogP contribution in [0.3, 0.4) is 0 Å². The van der Waals surface area contributed by atoms with Crippen molar-refractivity contribution >= 4 is 17.6 Å². The van der Waals surface area contributed by atoms with Gasteiger partial charge in [-0.25, -0.2) is 22.0 Å². The minimum atomic E-state index is -2.33. The topological polar surface area (TPSA) is 55.4 Å². The van der Waals surface area contributed by atoms with Crippen LogP contribution in [0.15, 0.2) is 0 Å². The van der Waals surface area contributed by atoms with Crippen molar-refractivity contribution in [3.05, 3.63) is 29.1 Å². The van der Waals surface area contributed by atoms with Gasteiger partial charge in [-0.2, -0.15) is 0 Å². The van der Waals surface area contributed by atoms with Crippen LogP contribution in [0.25, 0.3) is 0 Å². The lowest BCUT2D eigenvalue weighted by Crippen LogP contribution is -2.23. The summed E-state index contributed by atoms with van der Waals surface area (Å²) in [4.78, 5) is 22.4. The highest BCUT2D eigenvalue weighted by molar-refractivity contribution is 5.93. The van der Waals surface area contributed by atoms with Crippen LogP contribution in [0.2, 0.25) is 0 Å². The van der Waals surface area contributed by atoms with E-state index in [-0.39, 0.29) is 5.92 Å². The van der Waals surface area contributed by atoms with Crippen molar-refractivity contribution in [1.82, 2.24) is 0 Å². The molecule has 0 bridgehead atoms. The Balaban J connectivity index is 2.08. The largest absolute Gasteiger partial charge is 0.455 e. The minimum Gasteiger partial charge on any atom is -0.455 e. The van der Waals surface area contributed by atoms with Crippen molar-refractivity contribution in [1.29, 1.82) is 0 Å². The lowest BCUT2D eigenvalue weighted by Gasteiger charge is -2.10. The van der Waals surface area contributed by atoms with Gasteiger partial charge in [0.2, 0.25) is 5.82 Å². The molecule has 1 aromatic rings. The van der Waals surface area contributed by atoms with E-state index in [2.05, 4.69) is 4.74 Å². The molecule has 0 atom stereocenters. The molecular weight excluding hydrogens is 301 g/mol. The van der Waals surface area contributed by atoms with Crippen LogP contribution in [0.4, 0.5) is 27.6 Å². The molecule has 1 aliphatic rings. The molecule has 1 N–H and O–H groups in total.